The van der Waals surface area contributed by atoms with Gasteiger partial charge in [0.25, 0.3) is 0 Å². The molecule has 2 aromatic carbocycles. The van der Waals surface area contributed by atoms with Gasteiger partial charge in [-0.3, -0.25) is 9.78 Å². The van der Waals surface area contributed by atoms with Crippen LogP contribution in [-0.4, -0.2) is 10.8 Å². The average Bonchev–Trinajstić information content (AvgIpc) is 2.96. The zero-order valence-corrected chi connectivity index (χ0v) is 13.8. The first-order valence-electron chi connectivity index (χ1n) is 8.19. The molecule has 0 aliphatic carbocycles. The SMILES string of the molecule is CC1(c2ccccc2)OC(/C=C/c2ccnc3ccccc23)=CC1=O. The number of carbonyl (C=O) groups is 1. The number of allylic oxidation sites excluding steroid dienone is 1. The van der Waals surface area contributed by atoms with Gasteiger partial charge in [-0.05, 0) is 30.7 Å². The lowest BCUT2D eigenvalue weighted by Gasteiger charge is -2.23. The highest BCUT2D eigenvalue weighted by atomic mass is 16.5. The Morgan fingerprint density at radius 3 is 2.56 bits per heavy atom. The van der Waals surface area contributed by atoms with Gasteiger partial charge in [-0.15, -0.1) is 0 Å². The van der Waals surface area contributed by atoms with Crippen LogP contribution in [-0.2, 0) is 15.1 Å². The predicted molar refractivity (Wildman–Crippen MR) is 98.7 cm³/mol. The van der Waals surface area contributed by atoms with E-state index in [1.54, 1.807) is 12.3 Å². The zero-order valence-electron chi connectivity index (χ0n) is 13.8. The number of hydrogen-bond donors (Lipinski definition) is 0. The van der Waals surface area contributed by atoms with Gasteiger partial charge in [0.2, 0.25) is 5.78 Å². The van der Waals surface area contributed by atoms with Crippen molar-refractivity contribution in [2.45, 2.75) is 12.5 Å². The van der Waals surface area contributed by atoms with E-state index in [2.05, 4.69) is 4.98 Å². The molecule has 0 fully saturated rings. The molecule has 3 nitrogen and oxygen atoms in total. The topological polar surface area (TPSA) is 39.2 Å². The smallest absolute Gasteiger partial charge is 0.207 e. The number of benzene rings is 2. The lowest BCUT2D eigenvalue weighted by Crippen LogP contribution is -2.29. The van der Waals surface area contributed by atoms with Gasteiger partial charge in [0, 0.05) is 23.2 Å². The van der Waals surface area contributed by atoms with Crippen molar-refractivity contribution in [3.05, 3.63) is 95.9 Å². The summed E-state index contributed by atoms with van der Waals surface area (Å²) < 4.78 is 5.99. The van der Waals surface area contributed by atoms with E-state index in [4.69, 9.17) is 4.74 Å². The Morgan fingerprint density at radius 2 is 1.72 bits per heavy atom. The number of ether oxygens (including phenoxy) is 1. The molecule has 0 saturated heterocycles. The monoisotopic (exact) mass is 327 g/mol. The lowest BCUT2D eigenvalue weighted by atomic mass is 9.92. The minimum Gasteiger partial charge on any atom is -0.475 e. The number of para-hydroxylation sites is 1. The molecule has 25 heavy (non-hydrogen) atoms. The van der Waals surface area contributed by atoms with Crippen LogP contribution in [0.2, 0.25) is 0 Å². The zero-order chi connectivity index (χ0) is 17.3. The normalized spacial score (nSPS) is 20.0. The van der Waals surface area contributed by atoms with Crippen molar-refractivity contribution in [1.29, 1.82) is 0 Å². The summed E-state index contributed by atoms with van der Waals surface area (Å²) in [6.07, 6.45) is 7.14. The first-order chi connectivity index (χ1) is 12.2. The molecule has 122 valence electrons. The van der Waals surface area contributed by atoms with Crippen molar-refractivity contribution < 1.29 is 9.53 Å². The maximum atomic E-state index is 12.5. The molecule has 1 aliphatic rings. The van der Waals surface area contributed by atoms with E-state index in [0.29, 0.717) is 5.76 Å². The van der Waals surface area contributed by atoms with Gasteiger partial charge >= 0.3 is 0 Å². The Hall–Kier alpha value is -3.20. The van der Waals surface area contributed by atoms with Gasteiger partial charge in [0.15, 0.2) is 5.60 Å². The molecule has 0 spiro atoms. The third-order valence-corrected chi connectivity index (χ3v) is 4.50. The molecule has 1 aliphatic heterocycles. The second-order valence-corrected chi connectivity index (χ2v) is 6.16. The van der Waals surface area contributed by atoms with Crippen LogP contribution in [0.15, 0.2) is 84.8 Å². The summed E-state index contributed by atoms with van der Waals surface area (Å²) in [7, 11) is 0. The van der Waals surface area contributed by atoms with E-state index in [1.165, 1.54) is 0 Å². The minimum absolute atomic E-state index is 0.0436. The molecule has 0 N–H and O–H groups in total. The quantitative estimate of drug-likeness (QED) is 0.703. The van der Waals surface area contributed by atoms with Gasteiger partial charge in [-0.2, -0.15) is 0 Å². The molecule has 1 aromatic heterocycles. The van der Waals surface area contributed by atoms with E-state index in [9.17, 15) is 4.79 Å². The summed E-state index contributed by atoms with van der Waals surface area (Å²) >= 11 is 0. The maximum Gasteiger partial charge on any atom is 0.207 e. The van der Waals surface area contributed by atoms with Crippen molar-refractivity contribution in [3.8, 4) is 0 Å². The van der Waals surface area contributed by atoms with Crippen molar-refractivity contribution in [2.24, 2.45) is 0 Å². The number of ketones is 1. The molecule has 3 aromatic rings. The van der Waals surface area contributed by atoms with Crippen molar-refractivity contribution in [2.75, 3.05) is 0 Å². The molecule has 4 rings (SSSR count). The summed E-state index contributed by atoms with van der Waals surface area (Å²) in [4.78, 5) is 16.8. The summed E-state index contributed by atoms with van der Waals surface area (Å²) in [6.45, 7) is 1.81. The fourth-order valence-corrected chi connectivity index (χ4v) is 3.06. The Balaban J connectivity index is 1.63. The second-order valence-electron chi connectivity index (χ2n) is 6.16. The molecule has 0 amide bonds. The van der Waals surface area contributed by atoms with Gasteiger partial charge in [-0.1, -0.05) is 54.6 Å². The summed E-state index contributed by atoms with van der Waals surface area (Å²) in [5.74, 6) is 0.523. The molecule has 1 atom stereocenters. The first kappa shape index (κ1) is 15.3. The van der Waals surface area contributed by atoms with Gasteiger partial charge < -0.3 is 4.74 Å². The Kier molecular flexibility index (Phi) is 3.69. The van der Waals surface area contributed by atoms with Crippen LogP contribution >= 0.6 is 0 Å². The third-order valence-electron chi connectivity index (χ3n) is 4.50. The number of fused-ring (bicyclic) bond motifs is 1. The molecular weight excluding hydrogens is 310 g/mol. The van der Waals surface area contributed by atoms with Crippen molar-refractivity contribution in [3.63, 3.8) is 0 Å². The Labute approximate surface area is 146 Å². The third kappa shape index (κ3) is 2.74. The van der Waals surface area contributed by atoms with E-state index in [1.807, 2.05) is 79.7 Å². The molecule has 1 unspecified atom stereocenters. The molecule has 0 bridgehead atoms. The summed E-state index contributed by atoms with van der Waals surface area (Å²) in [5.41, 5.74) is 1.88. The number of hydrogen-bond acceptors (Lipinski definition) is 3. The van der Waals surface area contributed by atoms with Crippen LogP contribution in [0.4, 0.5) is 0 Å². The van der Waals surface area contributed by atoms with Crippen LogP contribution in [0, 0.1) is 0 Å². The maximum absolute atomic E-state index is 12.5. The van der Waals surface area contributed by atoms with E-state index >= 15 is 0 Å². The largest absolute Gasteiger partial charge is 0.475 e. The lowest BCUT2D eigenvalue weighted by molar-refractivity contribution is -0.129. The number of nitrogens with zero attached hydrogens (tertiary/aromatic N) is 1. The highest BCUT2D eigenvalue weighted by Crippen LogP contribution is 2.35. The van der Waals surface area contributed by atoms with Gasteiger partial charge in [0.1, 0.15) is 5.76 Å². The first-order valence-corrected chi connectivity index (χ1v) is 8.19. The van der Waals surface area contributed by atoms with Crippen LogP contribution in [0.1, 0.15) is 18.1 Å². The standard InChI is InChI=1S/C22H17NO2/c1-22(17-7-3-2-4-8-17)21(24)15-18(25-22)12-11-16-13-14-23-20-10-6-5-9-19(16)20/h2-15H,1H3/b12-11+. The van der Waals surface area contributed by atoms with E-state index in [-0.39, 0.29) is 5.78 Å². The summed E-state index contributed by atoms with van der Waals surface area (Å²) in [5, 5.41) is 1.07. The molecule has 0 saturated carbocycles. The Morgan fingerprint density at radius 1 is 0.960 bits per heavy atom. The van der Waals surface area contributed by atoms with Gasteiger partial charge in [0.05, 0.1) is 5.52 Å². The fourth-order valence-electron chi connectivity index (χ4n) is 3.06. The number of pyridine rings is 1. The predicted octanol–water partition coefficient (Wildman–Crippen LogP) is 4.65. The average molecular weight is 327 g/mol. The number of aromatic nitrogens is 1. The van der Waals surface area contributed by atoms with Crippen molar-refractivity contribution >= 4 is 22.8 Å². The van der Waals surface area contributed by atoms with Crippen molar-refractivity contribution in [1.82, 2.24) is 4.98 Å². The minimum atomic E-state index is -0.957. The molecule has 0 radical (unpaired) electrons. The van der Waals surface area contributed by atoms with Crippen LogP contribution in [0.25, 0.3) is 17.0 Å². The van der Waals surface area contributed by atoms with Gasteiger partial charge in [-0.25, -0.2) is 0 Å². The Bertz CT molecular complexity index is 999. The van der Waals surface area contributed by atoms with E-state index in [0.717, 1.165) is 22.0 Å². The molecular formula is C22H17NO2. The highest BCUT2D eigenvalue weighted by Gasteiger charge is 2.40. The van der Waals surface area contributed by atoms with E-state index < -0.39 is 5.60 Å². The number of rotatable bonds is 3. The van der Waals surface area contributed by atoms with Crippen LogP contribution in [0.3, 0.4) is 0 Å². The van der Waals surface area contributed by atoms with Crippen LogP contribution < -0.4 is 0 Å². The number of carbonyl (C=O) groups excluding carboxylic acids is 1. The highest BCUT2D eigenvalue weighted by molar-refractivity contribution is 6.00. The fraction of sp³-hybridized carbons (Fsp3) is 0.0909. The van der Waals surface area contributed by atoms with Crippen LogP contribution in [0.5, 0.6) is 0 Å². The second kappa shape index (κ2) is 6.02. The molecule has 3 heteroatoms. The molecule has 2 heterocycles. The summed E-state index contributed by atoms with van der Waals surface area (Å²) in [6, 6.07) is 19.5.